The smallest absolute Gasteiger partial charge is 0.270 e. The van der Waals surface area contributed by atoms with E-state index in [2.05, 4.69) is 20.6 Å². The van der Waals surface area contributed by atoms with Crippen LogP contribution in [0, 0.1) is 0 Å². The van der Waals surface area contributed by atoms with E-state index in [9.17, 15) is 9.59 Å². The number of amides is 1. The van der Waals surface area contributed by atoms with Gasteiger partial charge in [-0.15, -0.1) is 0 Å². The number of anilines is 1. The maximum Gasteiger partial charge on any atom is 0.270 e. The highest BCUT2D eigenvalue weighted by Crippen LogP contribution is 2.32. The first-order valence-corrected chi connectivity index (χ1v) is 11.1. The van der Waals surface area contributed by atoms with E-state index in [1.54, 1.807) is 18.3 Å². The number of hydrogen-bond donors (Lipinski definition) is 2. The summed E-state index contributed by atoms with van der Waals surface area (Å²) in [6, 6.07) is 8.86. The van der Waals surface area contributed by atoms with E-state index < -0.39 is 0 Å². The van der Waals surface area contributed by atoms with Crippen molar-refractivity contribution in [1.82, 2.24) is 15.3 Å². The first-order valence-electron chi connectivity index (χ1n) is 10.2. The SMILES string of the molecule is CCCNC(=O)c1cc(Oc2ccc3nc(N[C@@H]4CCCCC4=O)sc3c2)ccn1. The van der Waals surface area contributed by atoms with Gasteiger partial charge in [0.15, 0.2) is 10.9 Å². The standard InChI is InChI=1S/C22H24N4O3S/c1-2-10-24-21(28)18-12-15(9-11-23-18)29-14-7-8-17-20(13-14)30-22(26-17)25-16-5-3-4-6-19(16)27/h7-9,11-13,16H,2-6,10H2,1H3,(H,24,28)(H,25,26)/t16-/m1/s1. The number of carbonyl (C=O) groups excluding carboxylic acids is 2. The molecule has 1 aliphatic rings. The molecule has 2 aromatic heterocycles. The van der Waals surface area contributed by atoms with Crippen molar-refractivity contribution in [2.24, 2.45) is 0 Å². The molecule has 4 rings (SSSR count). The van der Waals surface area contributed by atoms with Crippen LogP contribution in [0.25, 0.3) is 10.2 Å². The Morgan fingerprint density at radius 1 is 1.23 bits per heavy atom. The molecular formula is C22H24N4O3S. The molecule has 0 aliphatic heterocycles. The lowest BCUT2D eigenvalue weighted by atomic mass is 9.94. The number of nitrogens with one attached hydrogen (secondary N) is 2. The maximum atomic E-state index is 12.1. The molecule has 2 heterocycles. The molecule has 3 aromatic rings. The first kappa shape index (κ1) is 20.3. The lowest BCUT2D eigenvalue weighted by Gasteiger charge is -2.20. The summed E-state index contributed by atoms with van der Waals surface area (Å²) in [6.45, 7) is 2.60. The molecular weight excluding hydrogens is 400 g/mol. The Bertz CT molecular complexity index is 1070. The summed E-state index contributed by atoms with van der Waals surface area (Å²) in [4.78, 5) is 32.9. The highest BCUT2D eigenvalue weighted by molar-refractivity contribution is 7.22. The summed E-state index contributed by atoms with van der Waals surface area (Å²) in [5.41, 5.74) is 1.18. The molecule has 1 saturated carbocycles. The van der Waals surface area contributed by atoms with E-state index in [1.165, 1.54) is 11.3 Å². The Kier molecular flexibility index (Phi) is 6.23. The average Bonchev–Trinajstić information content (AvgIpc) is 3.15. The van der Waals surface area contributed by atoms with Crippen molar-refractivity contribution in [2.75, 3.05) is 11.9 Å². The molecule has 0 spiro atoms. The van der Waals surface area contributed by atoms with Gasteiger partial charge < -0.3 is 15.4 Å². The molecule has 0 radical (unpaired) electrons. The van der Waals surface area contributed by atoms with Gasteiger partial charge in [-0.25, -0.2) is 4.98 Å². The second kappa shape index (κ2) is 9.21. The molecule has 8 heteroatoms. The van der Waals surface area contributed by atoms with Crippen molar-refractivity contribution in [1.29, 1.82) is 0 Å². The molecule has 156 valence electrons. The van der Waals surface area contributed by atoms with Gasteiger partial charge in [0, 0.05) is 31.3 Å². The maximum absolute atomic E-state index is 12.1. The van der Waals surface area contributed by atoms with E-state index >= 15 is 0 Å². The number of ether oxygens (including phenoxy) is 1. The fraction of sp³-hybridized carbons (Fsp3) is 0.364. The Hall–Kier alpha value is -3.00. The van der Waals surface area contributed by atoms with Crippen LogP contribution in [0.2, 0.25) is 0 Å². The zero-order valence-corrected chi connectivity index (χ0v) is 17.6. The van der Waals surface area contributed by atoms with Crippen molar-refractivity contribution >= 4 is 38.4 Å². The summed E-state index contributed by atoms with van der Waals surface area (Å²) >= 11 is 1.50. The molecule has 2 N–H and O–H groups in total. The second-order valence-corrected chi connectivity index (χ2v) is 8.32. The van der Waals surface area contributed by atoms with E-state index in [0.29, 0.717) is 30.2 Å². The van der Waals surface area contributed by atoms with Gasteiger partial charge in [0.25, 0.3) is 5.91 Å². The van der Waals surface area contributed by atoms with Gasteiger partial charge in [0.1, 0.15) is 17.2 Å². The third kappa shape index (κ3) is 4.76. The van der Waals surface area contributed by atoms with Gasteiger partial charge >= 0.3 is 0 Å². The zero-order valence-electron chi connectivity index (χ0n) is 16.8. The van der Waals surface area contributed by atoms with E-state index in [-0.39, 0.29) is 17.7 Å². The number of benzene rings is 1. The average molecular weight is 425 g/mol. The van der Waals surface area contributed by atoms with Crippen LogP contribution < -0.4 is 15.4 Å². The van der Waals surface area contributed by atoms with Crippen LogP contribution in [0.15, 0.2) is 36.5 Å². The molecule has 30 heavy (non-hydrogen) atoms. The molecule has 0 saturated heterocycles. The Labute approximate surface area is 178 Å². The normalized spacial score (nSPS) is 16.4. The van der Waals surface area contributed by atoms with Gasteiger partial charge in [-0.2, -0.15) is 0 Å². The van der Waals surface area contributed by atoms with Gasteiger partial charge in [0.2, 0.25) is 0 Å². The first-order chi connectivity index (χ1) is 14.6. The minimum atomic E-state index is -0.215. The fourth-order valence-electron chi connectivity index (χ4n) is 3.38. The predicted octanol–water partition coefficient (Wildman–Crippen LogP) is 4.55. The molecule has 1 aromatic carbocycles. The van der Waals surface area contributed by atoms with Gasteiger partial charge in [-0.05, 0) is 37.5 Å². The number of thiazole rings is 1. The van der Waals surface area contributed by atoms with Crippen LogP contribution in [0.4, 0.5) is 5.13 Å². The van der Waals surface area contributed by atoms with Gasteiger partial charge in [-0.1, -0.05) is 24.7 Å². The second-order valence-electron chi connectivity index (χ2n) is 7.29. The number of pyridine rings is 1. The molecule has 0 unspecified atom stereocenters. The summed E-state index contributed by atoms with van der Waals surface area (Å²) in [5, 5.41) is 6.85. The minimum absolute atomic E-state index is 0.135. The van der Waals surface area contributed by atoms with Crippen molar-refractivity contribution in [3.05, 3.63) is 42.2 Å². The number of aromatic nitrogens is 2. The Morgan fingerprint density at radius 2 is 2.10 bits per heavy atom. The van der Waals surface area contributed by atoms with Crippen LogP contribution in [0.3, 0.4) is 0 Å². The molecule has 0 bridgehead atoms. The Balaban J connectivity index is 1.47. The zero-order chi connectivity index (χ0) is 20.9. The van der Waals surface area contributed by atoms with Crippen molar-refractivity contribution in [3.63, 3.8) is 0 Å². The molecule has 1 fully saturated rings. The number of nitrogens with zero attached hydrogens (tertiary/aromatic N) is 2. The van der Waals surface area contributed by atoms with Crippen molar-refractivity contribution in [3.8, 4) is 11.5 Å². The third-order valence-electron chi connectivity index (χ3n) is 4.95. The number of hydrogen-bond acceptors (Lipinski definition) is 7. The number of rotatable bonds is 7. The van der Waals surface area contributed by atoms with Crippen LogP contribution >= 0.6 is 11.3 Å². The summed E-state index contributed by atoms with van der Waals surface area (Å²) in [5.74, 6) is 1.24. The van der Waals surface area contributed by atoms with Crippen LogP contribution in [-0.4, -0.2) is 34.2 Å². The highest BCUT2D eigenvalue weighted by atomic mass is 32.1. The molecule has 7 nitrogen and oxygen atoms in total. The van der Waals surface area contributed by atoms with Crippen LogP contribution in [0.5, 0.6) is 11.5 Å². The van der Waals surface area contributed by atoms with Crippen molar-refractivity contribution in [2.45, 2.75) is 45.1 Å². The van der Waals surface area contributed by atoms with Crippen molar-refractivity contribution < 1.29 is 14.3 Å². The third-order valence-corrected chi connectivity index (χ3v) is 5.90. The quantitative estimate of drug-likeness (QED) is 0.578. The van der Waals surface area contributed by atoms with E-state index in [1.807, 2.05) is 25.1 Å². The van der Waals surface area contributed by atoms with Crippen LogP contribution in [-0.2, 0) is 4.79 Å². The number of fused-ring (bicyclic) bond motifs is 1. The highest BCUT2D eigenvalue weighted by Gasteiger charge is 2.23. The van der Waals surface area contributed by atoms with E-state index in [4.69, 9.17) is 4.74 Å². The summed E-state index contributed by atoms with van der Waals surface area (Å²) in [6.07, 6.45) is 5.97. The van der Waals surface area contributed by atoms with Gasteiger partial charge in [0.05, 0.1) is 16.3 Å². The number of Topliss-reactive ketones (excluding diaryl/α,β-unsaturated/α-hetero) is 1. The Morgan fingerprint density at radius 3 is 2.93 bits per heavy atom. The largest absolute Gasteiger partial charge is 0.457 e. The molecule has 1 aliphatic carbocycles. The number of carbonyl (C=O) groups is 2. The topological polar surface area (TPSA) is 93.2 Å². The lowest BCUT2D eigenvalue weighted by molar-refractivity contribution is -0.121. The minimum Gasteiger partial charge on any atom is -0.457 e. The summed E-state index contributed by atoms with van der Waals surface area (Å²) < 4.78 is 6.91. The lowest BCUT2D eigenvalue weighted by Crippen LogP contribution is -2.32. The van der Waals surface area contributed by atoms with E-state index in [0.717, 1.165) is 41.0 Å². The predicted molar refractivity (Wildman–Crippen MR) is 117 cm³/mol. The molecule has 1 amide bonds. The number of ketones is 1. The van der Waals surface area contributed by atoms with Gasteiger partial charge in [-0.3, -0.25) is 14.6 Å². The fourth-order valence-corrected chi connectivity index (χ4v) is 4.33. The molecule has 1 atom stereocenters. The monoisotopic (exact) mass is 424 g/mol. The van der Waals surface area contributed by atoms with Crippen LogP contribution in [0.1, 0.15) is 49.5 Å². The summed E-state index contributed by atoms with van der Waals surface area (Å²) in [7, 11) is 0.